The maximum absolute atomic E-state index is 12.1. The van der Waals surface area contributed by atoms with Crippen molar-refractivity contribution in [1.29, 1.82) is 0 Å². The zero-order valence-electron chi connectivity index (χ0n) is 11.3. The second-order valence-electron chi connectivity index (χ2n) is 4.63. The van der Waals surface area contributed by atoms with Crippen LogP contribution in [0.3, 0.4) is 0 Å². The highest BCUT2D eigenvalue weighted by Crippen LogP contribution is 2.15. The quantitative estimate of drug-likeness (QED) is 0.741. The van der Waals surface area contributed by atoms with Crippen LogP contribution in [-0.4, -0.2) is 29.4 Å². The first-order chi connectivity index (χ1) is 9.47. The highest BCUT2D eigenvalue weighted by atomic mass is 32.2. The fraction of sp³-hybridized carbons (Fsp3) is 0.333. The molecule has 0 unspecified atom stereocenters. The number of nitrogens with zero attached hydrogens (tertiary/aromatic N) is 2. The lowest BCUT2D eigenvalue weighted by atomic mass is 10.3. The number of aromatic nitrogens is 3. The van der Waals surface area contributed by atoms with E-state index in [1.54, 1.807) is 6.07 Å². The van der Waals surface area contributed by atoms with Crippen molar-refractivity contribution in [3.8, 4) is 0 Å². The Balaban J connectivity index is 2.10. The molecule has 108 valence electrons. The van der Waals surface area contributed by atoms with E-state index in [-0.39, 0.29) is 4.90 Å². The second kappa shape index (κ2) is 6.02. The Bertz CT molecular complexity index is 651. The lowest BCUT2D eigenvalue weighted by Crippen LogP contribution is -2.21. The van der Waals surface area contributed by atoms with Crippen molar-refractivity contribution in [2.24, 2.45) is 0 Å². The van der Waals surface area contributed by atoms with Crippen molar-refractivity contribution in [1.82, 2.24) is 20.3 Å². The Morgan fingerprint density at radius 1 is 1.30 bits per heavy atom. The van der Waals surface area contributed by atoms with Crippen molar-refractivity contribution in [3.05, 3.63) is 36.7 Å². The summed E-state index contributed by atoms with van der Waals surface area (Å²) in [5.41, 5.74) is 1.14. The fourth-order valence-corrected chi connectivity index (χ4v) is 2.60. The number of hydrogen-bond donors (Lipinski definition) is 3. The highest BCUT2D eigenvalue weighted by molar-refractivity contribution is 7.92. The van der Waals surface area contributed by atoms with Crippen LogP contribution in [0.1, 0.15) is 19.5 Å². The molecular formula is C12H17N5O2S. The molecule has 0 saturated heterocycles. The van der Waals surface area contributed by atoms with Gasteiger partial charge in [-0.05, 0) is 6.07 Å². The first kappa shape index (κ1) is 14.5. The SMILES string of the molecule is CC(C)NCc1cc(S(=O)(=O)Nc2cncnc2)c[nH]1. The number of sulfonamides is 1. The van der Waals surface area contributed by atoms with Gasteiger partial charge in [-0.25, -0.2) is 18.4 Å². The van der Waals surface area contributed by atoms with Crippen LogP contribution in [0.15, 0.2) is 35.9 Å². The third-order valence-corrected chi connectivity index (χ3v) is 3.90. The summed E-state index contributed by atoms with van der Waals surface area (Å²) in [5.74, 6) is 0. The largest absolute Gasteiger partial charge is 0.363 e. The predicted molar refractivity (Wildman–Crippen MR) is 75.6 cm³/mol. The van der Waals surface area contributed by atoms with Gasteiger partial charge in [0.2, 0.25) is 0 Å². The first-order valence-electron chi connectivity index (χ1n) is 6.16. The summed E-state index contributed by atoms with van der Waals surface area (Å²) in [6, 6.07) is 1.93. The average Bonchev–Trinajstić information content (AvgIpc) is 2.86. The molecule has 2 aromatic rings. The Hall–Kier alpha value is -1.93. The Kier molecular flexibility index (Phi) is 4.35. The molecule has 3 N–H and O–H groups in total. The van der Waals surface area contributed by atoms with E-state index in [2.05, 4.69) is 25.0 Å². The van der Waals surface area contributed by atoms with Gasteiger partial charge in [-0.1, -0.05) is 13.8 Å². The van der Waals surface area contributed by atoms with Gasteiger partial charge in [0.05, 0.1) is 18.1 Å². The van der Waals surface area contributed by atoms with Crippen molar-refractivity contribution in [2.45, 2.75) is 31.3 Å². The molecule has 0 amide bonds. The highest BCUT2D eigenvalue weighted by Gasteiger charge is 2.16. The Morgan fingerprint density at radius 2 is 2.00 bits per heavy atom. The van der Waals surface area contributed by atoms with Gasteiger partial charge in [0.25, 0.3) is 10.0 Å². The van der Waals surface area contributed by atoms with Crippen LogP contribution >= 0.6 is 0 Å². The topological polar surface area (TPSA) is 99.8 Å². The van der Waals surface area contributed by atoms with E-state index in [1.807, 2.05) is 13.8 Å². The van der Waals surface area contributed by atoms with Gasteiger partial charge in [-0.3, -0.25) is 4.72 Å². The van der Waals surface area contributed by atoms with Gasteiger partial charge in [-0.15, -0.1) is 0 Å². The van der Waals surface area contributed by atoms with Gasteiger partial charge in [0.1, 0.15) is 11.2 Å². The number of H-pyrrole nitrogens is 1. The lowest BCUT2D eigenvalue weighted by molar-refractivity contribution is 0.582. The number of aromatic amines is 1. The Morgan fingerprint density at radius 3 is 2.65 bits per heavy atom. The molecule has 0 fully saturated rings. The summed E-state index contributed by atoms with van der Waals surface area (Å²) < 4.78 is 26.7. The van der Waals surface area contributed by atoms with Crippen molar-refractivity contribution in [2.75, 3.05) is 4.72 Å². The maximum atomic E-state index is 12.1. The van der Waals surface area contributed by atoms with Gasteiger partial charge < -0.3 is 10.3 Å². The van der Waals surface area contributed by atoms with Crippen LogP contribution in [-0.2, 0) is 16.6 Å². The smallest absolute Gasteiger partial charge is 0.263 e. The summed E-state index contributed by atoms with van der Waals surface area (Å²) in [5, 5.41) is 3.21. The van der Waals surface area contributed by atoms with E-state index in [0.717, 1.165) is 5.69 Å². The number of nitrogens with one attached hydrogen (secondary N) is 3. The molecule has 0 aliphatic rings. The third kappa shape index (κ3) is 3.78. The molecule has 0 radical (unpaired) electrons. The minimum absolute atomic E-state index is 0.182. The fourth-order valence-electron chi connectivity index (χ4n) is 1.56. The molecule has 8 heteroatoms. The molecule has 0 aliphatic heterocycles. The zero-order chi connectivity index (χ0) is 14.6. The van der Waals surface area contributed by atoms with Crippen LogP contribution in [0.25, 0.3) is 0 Å². The molecule has 0 saturated carbocycles. The standard InChI is InChI=1S/C12H17N5O2S/c1-9(2)15-6-10-3-12(7-16-10)20(18,19)17-11-4-13-8-14-5-11/h3-5,7-9,15-17H,6H2,1-2H3. The molecule has 2 rings (SSSR count). The second-order valence-corrected chi connectivity index (χ2v) is 6.31. The van der Waals surface area contributed by atoms with Crippen LogP contribution in [0, 0.1) is 0 Å². The van der Waals surface area contributed by atoms with Crippen LogP contribution < -0.4 is 10.0 Å². The maximum Gasteiger partial charge on any atom is 0.263 e. The minimum Gasteiger partial charge on any atom is -0.363 e. The van der Waals surface area contributed by atoms with Crippen LogP contribution in [0.2, 0.25) is 0 Å². The molecule has 20 heavy (non-hydrogen) atoms. The molecule has 0 aromatic carbocycles. The summed E-state index contributed by atoms with van der Waals surface area (Å²) >= 11 is 0. The van der Waals surface area contributed by atoms with Crippen molar-refractivity contribution >= 4 is 15.7 Å². The van der Waals surface area contributed by atoms with Gasteiger partial charge in [-0.2, -0.15) is 0 Å². The third-order valence-electron chi connectivity index (χ3n) is 2.54. The molecule has 2 aromatic heterocycles. The summed E-state index contributed by atoms with van der Waals surface area (Å²) in [4.78, 5) is 10.6. The molecular weight excluding hydrogens is 278 g/mol. The molecule has 0 aliphatic carbocycles. The number of anilines is 1. The van der Waals surface area contributed by atoms with E-state index < -0.39 is 10.0 Å². The molecule has 0 bridgehead atoms. The van der Waals surface area contributed by atoms with E-state index in [1.165, 1.54) is 24.9 Å². The monoisotopic (exact) mass is 295 g/mol. The van der Waals surface area contributed by atoms with E-state index in [9.17, 15) is 8.42 Å². The van der Waals surface area contributed by atoms with Gasteiger partial charge in [0.15, 0.2) is 0 Å². The average molecular weight is 295 g/mol. The Labute approximate surface area is 117 Å². The molecule has 0 spiro atoms. The summed E-state index contributed by atoms with van der Waals surface area (Å²) in [6.07, 6.45) is 5.60. The first-order valence-corrected chi connectivity index (χ1v) is 7.64. The van der Waals surface area contributed by atoms with Crippen molar-refractivity contribution in [3.63, 3.8) is 0 Å². The van der Waals surface area contributed by atoms with E-state index in [4.69, 9.17) is 0 Å². The summed E-state index contributed by atoms with van der Waals surface area (Å²) in [6.45, 7) is 4.64. The van der Waals surface area contributed by atoms with Crippen LogP contribution in [0.5, 0.6) is 0 Å². The minimum atomic E-state index is -3.62. The van der Waals surface area contributed by atoms with Gasteiger partial charge >= 0.3 is 0 Å². The zero-order valence-corrected chi connectivity index (χ0v) is 12.1. The van der Waals surface area contributed by atoms with E-state index >= 15 is 0 Å². The van der Waals surface area contributed by atoms with Crippen LogP contribution in [0.4, 0.5) is 5.69 Å². The predicted octanol–water partition coefficient (Wildman–Crippen LogP) is 1.10. The van der Waals surface area contributed by atoms with E-state index in [0.29, 0.717) is 18.3 Å². The molecule has 7 nitrogen and oxygen atoms in total. The lowest BCUT2D eigenvalue weighted by Gasteiger charge is -2.06. The molecule has 0 atom stereocenters. The summed E-state index contributed by atoms with van der Waals surface area (Å²) in [7, 11) is -3.62. The number of hydrogen-bond acceptors (Lipinski definition) is 5. The molecule has 2 heterocycles. The van der Waals surface area contributed by atoms with Gasteiger partial charge in [0, 0.05) is 24.5 Å². The normalized spacial score (nSPS) is 11.8. The van der Waals surface area contributed by atoms with Crippen molar-refractivity contribution < 1.29 is 8.42 Å². The number of rotatable bonds is 6.